The summed E-state index contributed by atoms with van der Waals surface area (Å²) in [5, 5.41) is 14.8. The van der Waals surface area contributed by atoms with Gasteiger partial charge < -0.3 is 5.11 Å². The van der Waals surface area contributed by atoms with Crippen molar-refractivity contribution >= 4 is 15.9 Å². The maximum atomic E-state index is 10.4. The minimum Gasteiger partial charge on any atom is -0.388 e. The van der Waals surface area contributed by atoms with Crippen molar-refractivity contribution < 1.29 is 5.11 Å². The van der Waals surface area contributed by atoms with E-state index in [1.165, 1.54) is 0 Å². The Kier molecular flexibility index (Phi) is 4.37. The van der Waals surface area contributed by atoms with Gasteiger partial charge in [-0.05, 0) is 47.8 Å². The molecule has 0 aliphatic carbocycles. The Bertz CT molecular complexity index is 580. The molecule has 0 spiro atoms. The van der Waals surface area contributed by atoms with Crippen LogP contribution in [-0.2, 0) is 13.0 Å². The van der Waals surface area contributed by atoms with Crippen molar-refractivity contribution in [2.45, 2.75) is 39.8 Å². The van der Waals surface area contributed by atoms with Gasteiger partial charge in [-0.1, -0.05) is 6.07 Å². The second-order valence-corrected chi connectivity index (χ2v) is 5.47. The molecule has 4 nitrogen and oxygen atoms in total. The molecule has 0 fully saturated rings. The Morgan fingerprint density at radius 1 is 1.37 bits per heavy atom. The van der Waals surface area contributed by atoms with E-state index in [0.717, 1.165) is 33.5 Å². The van der Waals surface area contributed by atoms with E-state index in [1.807, 2.05) is 31.5 Å². The molecule has 0 aliphatic heterocycles. The maximum Gasteiger partial charge on any atom is 0.0860 e. The molecule has 0 amide bonds. The molecule has 2 aromatic rings. The van der Waals surface area contributed by atoms with E-state index in [4.69, 9.17) is 0 Å². The van der Waals surface area contributed by atoms with Gasteiger partial charge in [0, 0.05) is 25.4 Å². The Labute approximate surface area is 121 Å². The molecular formula is C14H18BrN3O. The van der Waals surface area contributed by atoms with Crippen LogP contribution in [0.3, 0.4) is 0 Å². The van der Waals surface area contributed by atoms with E-state index < -0.39 is 6.10 Å². The molecule has 5 heteroatoms. The number of aryl methyl sites for hydroxylation is 3. The number of hydrogen-bond donors (Lipinski definition) is 1. The molecule has 1 unspecified atom stereocenters. The number of rotatable bonds is 4. The number of halogens is 1. The Balaban J connectivity index is 2.26. The molecule has 2 heterocycles. The first kappa shape index (κ1) is 14.2. The van der Waals surface area contributed by atoms with Crippen molar-refractivity contribution in [3.63, 3.8) is 0 Å². The summed E-state index contributed by atoms with van der Waals surface area (Å²) >= 11 is 3.55. The molecule has 1 N–H and O–H groups in total. The van der Waals surface area contributed by atoms with Gasteiger partial charge in [0.15, 0.2) is 0 Å². The van der Waals surface area contributed by atoms with Crippen LogP contribution in [0.2, 0.25) is 0 Å². The number of aromatic nitrogens is 3. The minimum atomic E-state index is -0.565. The first-order chi connectivity index (χ1) is 9.02. The molecule has 2 rings (SSSR count). The molecule has 0 radical (unpaired) electrons. The fourth-order valence-electron chi connectivity index (χ4n) is 2.13. The number of nitrogens with zero attached hydrogens (tertiary/aromatic N) is 3. The lowest BCUT2D eigenvalue weighted by atomic mass is 10.1. The van der Waals surface area contributed by atoms with Crippen LogP contribution in [0.15, 0.2) is 22.9 Å². The van der Waals surface area contributed by atoms with Gasteiger partial charge in [0.25, 0.3) is 0 Å². The number of aliphatic hydroxyl groups excluding tert-OH is 1. The van der Waals surface area contributed by atoms with Crippen molar-refractivity contribution in [1.82, 2.24) is 14.8 Å². The predicted octanol–water partition coefficient (Wildman–Crippen LogP) is 2.95. The normalized spacial score (nSPS) is 12.7. The predicted molar refractivity (Wildman–Crippen MR) is 78.0 cm³/mol. The molecule has 102 valence electrons. The van der Waals surface area contributed by atoms with Gasteiger partial charge in [-0.3, -0.25) is 9.67 Å². The summed E-state index contributed by atoms with van der Waals surface area (Å²) < 4.78 is 2.90. The van der Waals surface area contributed by atoms with Crippen LogP contribution >= 0.6 is 15.9 Å². The van der Waals surface area contributed by atoms with E-state index in [2.05, 4.69) is 26.0 Å². The number of aliphatic hydroxyl groups is 1. The summed E-state index contributed by atoms with van der Waals surface area (Å²) in [5.41, 5.74) is 3.87. The lowest BCUT2D eigenvalue weighted by molar-refractivity contribution is 0.174. The van der Waals surface area contributed by atoms with Crippen LogP contribution in [-0.4, -0.2) is 19.9 Å². The molecule has 1 atom stereocenters. The fourth-order valence-corrected chi connectivity index (χ4v) is 2.57. The average Bonchev–Trinajstić information content (AvgIpc) is 2.66. The third kappa shape index (κ3) is 3.04. The average molecular weight is 324 g/mol. The Morgan fingerprint density at radius 3 is 2.74 bits per heavy atom. The lowest BCUT2D eigenvalue weighted by Gasteiger charge is -2.12. The highest BCUT2D eigenvalue weighted by atomic mass is 79.9. The van der Waals surface area contributed by atoms with E-state index in [-0.39, 0.29) is 0 Å². The van der Waals surface area contributed by atoms with Gasteiger partial charge >= 0.3 is 0 Å². The largest absolute Gasteiger partial charge is 0.388 e. The summed E-state index contributed by atoms with van der Waals surface area (Å²) in [6.07, 6.45) is 3.46. The summed E-state index contributed by atoms with van der Waals surface area (Å²) in [7, 11) is 0. The van der Waals surface area contributed by atoms with E-state index in [0.29, 0.717) is 6.42 Å². The van der Waals surface area contributed by atoms with E-state index >= 15 is 0 Å². The third-order valence-electron chi connectivity index (χ3n) is 3.12. The van der Waals surface area contributed by atoms with Gasteiger partial charge in [0.05, 0.1) is 22.0 Å². The van der Waals surface area contributed by atoms with Crippen molar-refractivity contribution in [3.05, 3.63) is 45.4 Å². The van der Waals surface area contributed by atoms with Gasteiger partial charge in [-0.2, -0.15) is 5.10 Å². The second kappa shape index (κ2) is 5.84. The SMILES string of the molecule is CCn1nc(C)c(Br)c1CC(O)c1cncc(C)c1. The van der Waals surface area contributed by atoms with Crippen LogP contribution in [0.4, 0.5) is 0 Å². The highest BCUT2D eigenvalue weighted by Crippen LogP contribution is 2.26. The molecule has 2 aromatic heterocycles. The summed E-state index contributed by atoms with van der Waals surface area (Å²) in [6, 6.07) is 1.96. The first-order valence-electron chi connectivity index (χ1n) is 6.34. The van der Waals surface area contributed by atoms with Crippen LogP contribution in [0.25, 0.3) is 0 Å². The number of pyridine rings is 1. The topological polar surface area (TPSA) is 50.9 Å². The molecule has 0 saturated carbocycles. The van der Waals surface area contributed by atoms with Crippen LogP contribution in [0.5, 0.6) is 0 Å². The molecule has 0 bridgehead atoms. The van der Waals surface area contributed by atoms with Crippen LogP contribution in [0, 0.1) is 13.8 Å². The highest BCUT2D eigenvalue weighted by Gasteiger charge is 2.17. The van der Waals surface area contributed by atoms with Crippen molar-refractivity contribution in [1.29, 1.82) is 0 Å². The summed E-state index contributed by atoms with van der Waals surface area (Å²) in [6.45, 7) is 6.77. The van der Waals surface area contributed by atoms with Gasteiger partial charge in [-0.15, -0.1) is 0 Å². The second-order valence-electron chi connectivity index (χ2n) is 4.68. The maximum absolute atomic E-state index is 10.4. The fraction of sp³-hybridized carbons (Fsp3) is 0.429. The Hall–Kier alpha value is -1.20. The first-order valence-corrected chi connectivity index (χ1v) is 7.13. The van der Waals surface area contributed by atoms with Crippen molar-refractivity contribution in [3.8, 4) is 0 Å². The molecule has 0 saturated heterocycles. The molecule has 0 aromatic carbocycles. The molecule has 0 aliphatic rings. The van der Waals surface area contributed by atoms with E-state index in [1.54, 1.807) is 12.4 Å². The standard InChI is InChI=1S/C14H18BrN3O/c1-4-18-12(14(15)10(3)17-18)6-13(19)11-5-9(2)7-16-8-11/h5,7-8,13,19H,4,6H2,1-3H3. The Morgan fingerprint density at radius 2 is 2.11 bits per heavy atom. The summed E-state index contributed by atoms with van der Waals surface area (Å²) in [5.74, 6) is 0. The van der Waals surface area contributed by atoms with Gasteiger partial charge in [0.1, 0.15) is 0 Å². The zero-order valence-corrected chi connectivity index (χ0v) is 13.0. The van der Waals surface area contributed by atoms with Crippen molar-refractivity contribution in [2.24, 2.45) is 0 Å². The van der Waals surface area contributed by atoms with Gasteiger partial charge in [-0.25, -0.2) is 0 Å². The quantitative estimate of drug-likeness (QED) is 0.941. The highest BCUT2D eigenvalue weighted by molar-refractivity contribution is 9.10. The van der Waals surface area contributed by atoms with E-state index in [9.17, 15) is 5.11 Å². The van der Waals surface area contributed by atoms with Crippen LogP contribution < -0.4 is 0 Å². The molecule has 19 heavy (non-hydrogen) atoms. The smallest absolute Gasteiger partial charge is 0.0860 e. The lowest BCUT2D eigenvalue weighted by Crippen LogP contribution is -2.09. The number of hydrogen-bond acceptors (Lipinski definition) is 3. The zero-order chi connectivity index (χ0) is 14.0. The zero-order valence-electron chi connectivity index (χ0n) is 11.4. The van der Waals surface area contributed by atoms with Crippen LogP contribution in [0.1, 0.15) is 35.5 Å². The monoisotopic (exact) mass is 323 g/mol. The minimum absolute atomic E-state index is 0.528. The van der Waals surface area contributed by atoms with Gasteiger partial charge in [0.2, 0.25) is 0 Å². The molecular weight excluding hydrogens is 306 g/mol. The third-order valence-corrected chi connectivity index (χ3v) is 4.15. The summed E-state index contributed by atoms with van der Waals surface area (Å²) in [4.78, 5) is 4.12. The van der Waals surface area contributed by atoms with Crippen molar-refractivity contribution in [2.75, 3.05) is 0 Å².